The van der Waals surface area contributed by atoms with E-state index in [9.17, 15) is 9.18 Å². The predicted octanol–water partition coefficient (Wildman–Crippen LogP) is 2.77. The van der Waals surface area contributed by atoms with Crippen LogP contribution in [0, 0.1) is 5.82 Å². The Bertz CT molecular complexity index is 786. The van der Waals surface area contributed by atoms with Crippen LogP contribution in [0.5, 0.6) is 0 Å². The molecule has 1 atom stereocenters. The summed E-state index contributed by atoms with van der Waals surface area (Å²) in [5, 5.41) is 7.50. The summed E-state index contributed by atoms with van der Waals surface area (Å²) in [6, 6.07) is 9.17. The standard InChI is InChI=1S/C20H26FN5O/c21-19-6-2-1-5-16(19)13-24-14-17(26-18(15-24)8-10-23-26)7-9-22-20(27)25-11-3-4-12-25/h1-2,5-6,8,10,17H,3-4,7,9,11-15H2,(H,22,27)/t17-/m1/s1. The van der Waals surface area contributed by atoms with Crippen molar-refractivity contribution in [1.29, 1.82) is 0 Å². The van der Waals surface area contributed by atoms with E-state index in [1.54, 1.807) is 6.07 Å². The van der Waals surface area contributed by atoms with Crippen molar-refractivity contribution >= 4 is 6.03 Å². The van der Waals surface area contributed by atoms with Crippen molar-refractivity contribution in [2.75, 3.05) is 26.2 Å². The van der Waals surface area contributed by atoms with Crippen LogP contribution < -0.4 is 5.32 Å². The van der Waals surface area contributed by atoms with Gasteiger partial charge in [0.25, 0.3) is 0 Å². The Morgan fingerprint density at radius 2 is 2.04 bits per heavy atom. The van der Waals surface area contributed by atoms with Crippen LogP contribution in [-0.2, 0) is 13.1 Å². The molecule has 27 heavy (non-hydrogen) atoms. The Kier molecular flexibility index (Phi) is 5.38. The average molecular weight is 371 g/mol. The van der Waals surface area contributed by atoms with Gasteiger partial charge in [0.1, 0.15) is 5.82 Å². The zero-order valence-corrected chi connectivity index (χ0v) is 15.5. The van der Waals surface area contributed by atoms with E-state index in [1.165, 1.54) is 6.07 Å². The molecule has 0 spiro atoms. The van der Waals surface area contributed by atoms with E-state index in [0.717, 1.165) is 51.1 Å². The first-order valence-corrected chi connectivity index (χ1v) is 9.71. The molecule has 1 saturated heterocycles. The zero-order chi connectivity index (χ0) is 18.6. The number of amides is 2. The third kappa shape index (κ3) is 4.13. The fraction of sp³-hybridized carbons (Fsp3) is 0.500. The molecular formula is C20H26FN5O. The summed E-state index contributed by atoms with van der Waals surface area (Å²) in [5.41, 5.74) is 1.85. The van der Waals surface area contributed by atoms with Gasteiger partial charge in [0.15, 0.2) is 0 Å². The number of aromatic nitrogens is 2. The fourth-order valence-electron chi connectivity index (χ4n) is 4.04. The molecule has 1 aromatic carbocycles. The number of benzene rings is 1. The number of urea groups is 1. The maximum atomic E-state index is 14.0. The predicted molar refractivity (Wildman–Crippen MR) is 101 cm³/mol. The van der Waals surface area contributed by atoms with Crippen LogP contribution in [0.3, 0.4) is 0 Å². The zero-order valence-electron chi connectivity index (χ0n) is 15.5. The van der Waals surface area contributed by atoms with Crippen LogP contribution >= 0.6 is 0 Å². The molecule has 7 heteroatoms. The van der Waals surface area contributed by atoms with E-state index in [0.29, 0.717) is 18.7 Å². The third-order valence-corrected chi connectivity index (χ3v) is 5.45. The summed E-state index contributed by atoms with van der Waals surface area (Å²) in [6.07, 6.45) is 4.81. The van der Waals surface area contributed by atoms with Gasteiger partial charge in [-0.3, -0.25) is 9.58 Å². The third-order valence-electron chi connectivity index (χ3n) is 5.45. The van der Waals surface area contributed by atoms with E-state index in [2.05, 4.69) is 20.0 Å². The molecule has 144 valence electrons. The second-order valence-electron chi connectivity index (χ2n) is 7.40. The minimum atomic E-state index is -0.161. The van der Waals surface area contributed by atoms with Gasteiger partial charge in [-0.25, -0.2) is 9.18 Å². The SMILES string of the molecule is O=C(NCC[C@@H]1CN(Cc2ccccc2F)Cc2ccnn21)N1CCCC1. The molecule has 0 bridgehead atoms. The van der Waals surface area contributed by atoms with E-state index >= 15 is 0 Å². The van der Waals surface area contributed by atoms with Crippen molar-refractivity contribution in [2.24, 2.45) is 0 Å². The second kappa shape index (κ2) is 8.08. The Morgan fingerprint density at radius 3 is 2.85 bits per heavy atom. The summed E-state index contributed by atoms with van der Waals surface area (Å²) in [6.45, 7) is 4.46. The molecule has 0 radical (unpaired) electrons. The molecule has 6 nitrogen and oxygen atoms in total. The number of likely N-dealkylation sites (tertiary alicyclic amines) is 1. The van der Waals surface area contributed by atoms with Gasteiger partial charge in [0.05, 0.1) is 11.7 Å². The number of carbonyl (C=O) groups is 1. The molecule has 2 aromatic rings. The Morgan fingerprint density at radius 1 is 1.22 bits per heavy atom. The highest BCUT2D eigenvalue weighted by atomic mass is 19.1. The number of nitrogens with zero attached hydrogens (tertiary/aromatic N) is 4. The normalized spacial score (nSPS) is 19.9. The number of rotatable bonds is 5. The van der Waals surface area contributed by atoms with E-state index < -0.39 is 0 Å². The first-order chi connectivity index (χ1) is 13.2. The molecule has 2 aliphatic rings. The van der Waals surface area contributed by atoms with Crippen LogP contribution in [0.4, 0.5) is 9.18 Å². The van der Waals surface area contributed by atoms with Gasteiger partial charge in [0, 0.05) is 51.0 Å². The quantitative estimate of drug-likeness (QED) is 0.879. The summed E-state index contributed by atoms with van der Waals surface area (Å²) in [4.78, 5) is 16.3. The van der Waals surface area contributed by atoms with E-state index in [1.807, 2.05) is 29.3 Å². The first kappa shape index (κ1) is 18.0. The number of carbonyl (C=O) groups excluding carboxylic acids is 1. The largest absolute Gasteiger partial charge is 0.338 e. The van der Waals surface area contributed by atoms with Crippen molar-refractivity contribution in [3.8, 4) is 0 Å². The summed E-state index contributed by atoms with van der Waals surface area (Å²) < 4.78 is 16.1. The number of hydrogen-bond acceptors (Lipinski definition) is 3. The molecule has 4 rings (SSSR count). The number of fused-ring (bicyclic) bond motifs is 1. The molecule has 2 amide bonds. The maximum Gasteiger partial charge on any atom is 0.317 e. The van der Waals surface area contributed by atoms with Crippen LogP contribution in [0.15, 0.2) is 36.5 Å². The van der Waals surface area contributed by atoms with Crippen molar-refractivity contribution in [2.45, 2.75) is 38.4 Å². The van der Waals surface area contributed by atoms with Crippen LogP contribution in [0.2, 0.25) is 0 Å². The van der Waals surface area contributed by atoms with Gasteiger partial charge in [-0.1, -0.05) is 18.2 Å². The molecule has 0 unspecified atom stereocenters. The van der Waals surface area contributed by atoms with Crippen LogP contribution in [-0.4, -0.2) is 51.8 Å². The lowest BCUT2D eigenvalue weighted by atomic mass is 10.1. The average Bonchev–Trinajstić information content (AvgIpc) is 3.35. The molecule has 1 N–H and O–H groups in total. The Labute approximate surface area is 158 Å². The topological polar surface area (TPSA) is 53.4 Å². The molecular weight excluding hydrogens is 345 g/mol. The lowest BCUT2D eigenvalue weighted by molar-refractivity contribution is 0.158. The highest BCUT2D eigenvalue weighted by Crippen LogP contribution is 2.24. The fourth-order valence-corrected chi connectivity index (χ4v) is 4.04. The molecule has 0 saturated carbocycles. The van der Waals surface area contributed by atoms with Crippen molar-refractivity contribution < 1.29 is 9.18 Å². The summed E-state index contributed by atoms with van der Waals surface area (Å²) in [7, 11) is 0. The highest BCUT2D eigenvalue weighted by molar-refractivity contribution is 5.74. The molecule has 3 heterocycles. The highest BCUT2D eigenvalue weighted by Gasteiger charge is 2.26. The van der Waals surface area contributed by atoms with Crippen LogP contribution in [0.25, 0.3) is 0 Å². The van der Waals surface area contributed by atoms with E-state index in [4.69, 9.17) is 0 Å². The lowest BCUT2D eigenvalue weighted by Gasteiger charge is -2.34. The molecule has 1 fully saturated rings. The monoisotopic (exact) mass is 371 g/mol. The van der Waals surface area contributed by atoms with E-state index in [-0.39, 0.29) is 17.9 Å². The van der Waals surface area contributed by atoms with Crippen molar-refractivity contribution in [1.82, 2.24) is 24.9 Å². The minimum Gasteiger partial charge on any atom is -0.338 e. The first-order valence-electron chi connectivity index (χ1n) is 9.71. The second-order valence-corrected chi connectivity index (χ2v) is 7.40. The van der Waals surface area contributed by atoms with Gasteiger partial charge in [-0.2, -0.15) is 5.10 Å². The molecule has 2 aliphatic heterocycles. The van der Waals surface area contributed by atoms with Gasteiger partial charge < -0.3 is 10.2 Å². The summed E-state index contributed by atoms with van der Waals surface area (Å²) in [5.74, 6) is -0.161. The van der Waals surface area contributed by atoms with Gasteiger partial charge in [0.2, 0.25) is 0 Å². The number of halogens is 1. The Hall–Kier alpha value is -2.41. The van der Waals surface area contributed by atoms with Crippen molar-refractivity contribution in [3.63, 3.8) is 0 Å². The summed E-state index contributed by atoms with van der Waals surface area (Å²) >= 11 is 0. The van der Waals surface area contributed by atoms with Gasteiger partial charge in [-0.05, 0) is 31.4 Å². The Balaban J connectivity index is 1.37. The number of nitrogens with one attached hydrogen (secondary N) is 1. The maximum absolute atomic E-state index is 14.0. The lowest BCUT2D eigenvalue weighted by Crippen LogP contribution is -2.41. The molecule has 0 aliphatic carbocycles. The van der Waals surface area contributed by atoms with Crippen LogP contribution in [0.1, 0.15) is 36.6 Å². The van der Waals surface area contributed by atoms with Gasteiger partial charge in [-0.15, -0.1) is 0 Å². The van der Waals surface area contributed by atoms with Gasteiger partial charge >= 0.3 is 6.03 Å². The van der Waals surface area contributed by atoms with Crippen molar-refractivity contribution in [3.05, 3.63) is 53.6 Å². The minimum absolute atomic E-state index is 0.0345. The molecule has 1 aromatic heterocycles. The smallest absolute Gasteiger partial charge is 0.317 e. The number of hydrogen-bond donors (Lipinski definition) is 1.